The second kappa shape index (κ2) is 8.58. The van der Waals surface area contributed by atoms with E-state index in [0.717, 1.165) is 30.4 Å². The van der Waals surface area contributed by atoms with Crippen LogP contribution >= 0.6 is 0 Å². The summed E-state index contributed by atoms with van der Waals surface area (Å²) in [7, 11) is 3.25. The molecule has 1 unspecified atom stereocenters. The van der Waals surface area contributed by atoms with Crippen molar-refractivity contribution < 1.29 is 28.8 Å². The molecule has 1 aliphatic heterocycles. The van der Waals surface area contributed by atoms with E-state index in [1.807, 2.05) is 6.08 Å². The lowest BCUT2D eigenvalue weighted by Gasteiger charge is -2.61. The molecule has 168 valence electrons. The number of carbonyl (C=O) groups excluding carboxylic acids is 1. The van der Waals surface area contributed by atoms with Gasteiger partial charge in [0.25, 0.3) is 0 Å². The number of rotatable bonds is 7. The zero-order valence-electron chi connectivity index (χ0n) is 18.8. The molecule has 1 spiro atoms. The van der Waals surface area contributed by atoms with E-state index in [1.54, 1.807) is 20.3 Å². The van der Waals surface area contributed by atoms with Crippen molar-refractivity contribution in [2.75, 3.05) is 14.2 Å². The Hall–Kier alpha value is -1.47. The maximum atomic E-state index is 12.0. The number of hydrogen-bond donors (Lipinski definition) is 1. The minimum absolute atomic E-state index is 0.0317. The van der Waals surface area contributed by atoms with Crippen LogP contribution in [0.15, 0.2) is 36.5 Å². The first-order valence-corrected chi connectivity index (χ1v) is 10.7. The Morgan fingerprint density at radius 3 is 2.63 bits per heavy atom. The molecule has 2 fully saturated rings. The standard InChI is InChI=1S/C24H36O6/c1-8-14(2)9-10-23(5)15(3)11-20(27-6)24-18(12-17(26)13-19(23)24)21(28-7)30-22(24)29-16(4)25/h8,12,15,17,19-22,26H,1-2,9-11,13H2,3-7H3/t15-,17+,19+,20+,21+,22+,23-,24?/m1/s1. The predicted molar refractivity (Wildman–Crippen MR) is 113 cm³/mol. The van der Waals surface area contributed by atoms with Gasteiger partial charge < -0.3 is 24.1 Å². The van der Waals surface area contributed by atoms with Crippen molar-refractivity contribution in [3.05, 3.63) is 36.5 Å². The van der Waals surface area contributed by atoms with E-state index in [2.05, 4.69) is 27.0 Å². The van der Waals surface area contributed by atoms with Gasteiger partial charge in [0.1, 0.15) is 0 Å². The molecule has 0 amide bonds. The first-order valence-electron chi connectivity index (χ1n) is 10.7. The van der Waals surface area contributed by atoms with Gasteiger partial charge in [0.15, 0.2) is 6.29 Å². The molecule has 1 saturated carbocycles. The Bertz CT molecular complexity index is 729. The third-order valence-corrected chi connectivity index (χ3v) is 7.88. The second-order valence-electron chi connectivity index (χ2n) is 9.29. The zero-order chi connectivity index (χ0) is 22.3. The predicted octanol–water partition coefficient (Wildman–Crippen LogP) is 3.76. The molecular weight excluding hydrogens is 384 g/mol. The summed E-state index contributed by atoms with van der Waals surface area (Å²) < 4.78 is 23.5. The van der Waals surface area contributed by atoms with Gasteiger partial charge in [-0.1, -0.05) is 44.7 Å². The number of ether oxygens (including phenoxy) is 4. The Kier molecular flexibility index (Phi) is 6.63. The summed E-state index contributed by atoms with van der Waals surface area (Å²) in [5.41, 5.74) is 0.947. The molecule has 1 saturated heterocycles. The second-order valence-corrected chi connectivity index (χ2v) is 9.29. The van der Waals surface area contributed by atoms with Crippen molar-refractivity contribution in [1.82, 2.24) is 0 Å². The first-order chi connectivity index (χ1) is 14.1. The molecule has 3 rings (SSSR count). The van der Waals surface area contributed by atoms with Crippen LogP contribution in [0.3, 0.4) is 0 Å². The Morgan fingerprint density at radius 1 is 1.37 bits per heavy atom. The Morgan fingerprint density at radius 2 is 2.07 bits per heavy atom. The zero-order valence-corrected chi connectivity index (χ0v) is 18.8. The largest absolute Gasteiger partial charge is 0.435 e. The third-order valence-electron chi connectivity index (χ3n) is 7.88. The van der Waals surface area contributed by atoms with E-state index in [4.69, 9.17) is 18.9 Å². The van der Waals surface area contributed by atoms with Crippen molar-refractivity contribution in [1.29, 1.82) is 0 Å². The van der Waals surface area contributed by atoms with Gasteiger partial charge in [-0.05, 0) is 48.5 Å². The molecule has 8 atom stereocenters. The number of carbonyl (C=O) groups is 1. The number of allylic oxidation sites excluding steroid dienone is 2. The van der Waals surface area contributed by atoms with Crippen molar-refractivity contribution in [2.24, 2.45) is 22.7 Å². The number of aliphatic hydroxyl groups excluding tert-OH is 1. The van der Waals surface area contributed by atoms with Crippen LogP contribution in [0.2, 0.25) is 0 Å². The maximum Gasteiger partial charge on any atom is 0.304 e. The minimum Gasteiger partial charge on any atom is -0.435 e. The van der Waals surface area contributed by atoms with Crippen LogP contribution in [0.5, 0.6) is 0 Å². The molecule has 2 aliphatic carbocycles. The van der Waals surface area contributed by atoms with Gasteiger partial charge in [-0.25, -0.2) is 0 Å². The summed E-state index contributed by atoms with van der Waals surface area (Å²) in [5.74, 6) is -0.122. The van der Waals surface area contributed by atoms with Crippen molar-refractivity contribution >= 4 is 5.97 Å². The van der Waals surface area contributed by atoms with Gasteiger partial charge in [-0.3, -0.25) is 4.79 Å². The van der Waals surface area contributed by atoms with Gasteiger partial charge in [0, 0.05) is 21.1 Å². The van der Waals surface area contributed by atoms with Crippen LogP contribution in [0.25, 0.3) is 0 Å². The maximum absolute atomic E-state index is 12.0. The molecule has 0 radical (unpaired) electrons. The molecule has 3 aliphatic rings. The molecule has 0 bridgehead atoms. The van der Waals surface area contributed by atoms with E-state index in [0.29, 0.717) is 12.3 Å². The fraction of sp³-hybridized carbons (Fsp3) is 0.708. The Balaban J connectivity index is 2.16. The van der Waals surface area contributed by atoms with Crippen LogP contribution in [0.1, 0.15) is 46.5 Å². The number of aliphatic hydroxyl groups is 1. The molecule has 0 aromatic carbocycles. The van der Waals surface area contributed by atoms with E-state index < -0.39 is 30.1 Å². The first kappa shape index (κ1) is 23.2. The van der Waals surface area contributed by atoms with Crippen LogP contribution in [-0.4, -0.2) is 50.1 Å². The van der Waals surface area contributed by atoms with Gasteiger partial charge in [-0.2, -0.15) is 0 Å². The van der Waals surface area contributed by atoms with Crippen LogP contribution < -0.4 is 0 Å². The van der Waals surface area contributed by atoms with E-state index in [-0.39, 0.29) is 17.4 Å². The molecular formula is C24H36O6. The lowest BCUT2D eigenvalue weighted by atomic mass is 9.45. The molecule has 6 heteroatoms. The number of hydrogen-bond acceptors (Lipinski definition) is 6. The molecule has 30 heavy (non-hydrogen) atoms. The monoisotopic (exact) mass is 420 g/mol. The number of methoxy groups -OCH3 is 2. The highest BCUT2D eigenvalue weighted by molar-refractivity contribution is 5.66. The average Bonchev–Trinajstić information content (AvgIpc) is 3.01. The summed E-state index contributed by atoms with van der Waals surface area (Å²) >= 11 is 0. The third kappa shape index (κ3) is 3.48. The van der Waals surface area contributed by atoms with E-state index in [1.165, 1.54) is 6.92 Å². The molecule has 0 aromatic rings. The van der Waals surface area contributed by atoms with Crippen LogP contribution in [0, 0.1) is 22.7 Å². The molecule has 6 nitrogen and oxygen atoms in total. The van der Waals surface area contributed by atoms with Gasteiger partial charge in [0.2, 0.25) is 6.29 Å². The molecule has 0 aromatic heterocycles. The fourth-order valence-corrected chi connectivity index (χ4v) is 6.15. The fourth-order valence-electron chi connectivity index (χ4n) is 6.15. The van der Waals surface area contributed by atoms with Crippen LogP contribution in [0.4, 0.5) is 0 Å². The van der Waals surface area contributed by atoms with E-state index in [9.17, 15) is 9.90 Å². The SMILES string of the molecule is C=CC(=C)CC[C@]1(C)[C@H](C)C[C@H](OC)C23C(=C[C@H](O)C[C@H]21)[C@@H](OC)O[C@@H]3OC(C)=O. The summed E-state index contributed by atoms with van der Waals surface area (Å²) in [6.07, 6.45) is 4.27. The van der Waals surface area contributed by atoms with Gasteiger partial charge in [-0.15, -0.1) is 0 Å². The molecule has 1 heterocycles. The molecule has 1 N–H and O–H groups in total. The lowest BCUT2D eigenvalue weighted by Crippen LogP contribution is -2.63. The van der Waals surface area contributed by atoms with Crippen molar-refractivity contribution in [2.45, 2.75) is 71.2 Å². The summed E-state index contributed by atoms with van der Waals surface area (Å²) in [4.78, 5) is 12.0. The van der Waals surface area contributed by atoms with Crippen molar-refractivity contribution in [3.8, 4) is 0 Å². The topological polar surface area (TPSA) is 74.2 Å². The van der Waals surface area contributed by atoms with E-state index >= 15 is 0 Å². The quantitative estimate of drug-likeness (QED) is 0.384. The van der Waals surface area contributed by atoms with Gasteiger partial charge in [0.05, 0.1) is 17.6 Å². The summed E-state index contributed by atoms with van der Waals surface area (Å²) in [5, 5.41) is 10.8. The normalized spacial score (nSPS) is 42.7. The lowest BCUT2D eigenvalue weighted by molar-refractivity contribution is -0.257. The van der Waals surface area contributed by atoms with Crippen LogP contribution in [-0.2, 0) is 23.7 Å². The Labute approximate surface area is 179 Å². The summed E-state index contributed by atoms with van der Waals surface area (Å²) in [6.45, 7) is 13.8. The highest BCUT2D eigenvalue weighted by atomic mass is 16.8. The number of esters is 1. The van der Waals surface area contributed by atoms with Crippen molar-refractivity contribution in [3.63, 3.8) is 0 Å². The average molecular weight is 421 g/mol. The highest BCUT2D eigenvalue weighted by Crippen LogP contribution is 2.67. The minimum atomic E-state index is -0.830. The van der Waals surface area contributed by atoms with Gasteiger partial charge >= 0.3 is 5.97 Å². The highest BCUT2D eigenvalue weighted by Gasteiger charge is 2.71. The summed E-state index contributed by atoms with van der Waals surface area (Å²) in [6, 6.07) is 0. The smallest absolute Gasteiger partial charge is 0.304 e.